The fourth-order valence-electron chi connectivity index (χ4n) is 1.51. The maximum Gasteiger partial charge on any atom is 0.243 e. The van der Waals surface area contributed by atoms with Crippen molar-refractivity contribution in [1.29, 1.82) is 0 Å². The van der Waals surface area contributed by atoms with Gasteiger partial charge in [0.25, 0.3) is 0 Å². The summed E-state index contributed by atoms with van der Waals surface area (Å²) in [5.41, 5.74) is 1.64. The van der Waals surface area contributed by atoms with Crippen LogP contribution >= 0.6 is 12.6 Å². The van der Waals surface area contributed by atoms with E-state index in [1.54, 1.807) is 5.48 Å². The zero-order chi connectivity index (χ0) is 11.4. The summed E-state index contributed by atoms with van der Waals surface area (Å²) in [5.74, 6) is 0.722. The van der Waals surface area contributed by atoms with Gasteiger partial charge in [0, 0.05) is 6.42 Å². The highest BCUT2D eigenvalue weighted by atomic mass is 32.1. The van der Waals surface area contributed by atoms with Crippen LogP contribution in [0.2, 0.25) is 0 Å². The summed E-state index contributed by atoms with van der Waals surface area (Å²) in [6.07, 6.45) is 9.96. The molecule has 0 aliphatic heterocycles. The van der Waals surface area contributed by atoms with Gasteiger partial charge in [-0.05, 0) is 18.6 Å². The molecule has 0 saturated carbocycles. The van der Waals surface area contributed by atoms with Crippen LogP contribution in [0.15, 0.2) is 0 Å². The first-order valence-electron chi connectivity index (χ1n) is 5.85. The molecule has 15 heavy (non-hydrogen) atoms. The highest BCUT2D eigenvalue weighted by Gasteiger charge is 1.97. The van der Waals surface area contributed by atoms with Crippen molar-refractivity contribution in [2.24, 2.45) is 0 Å². The summed E-state index contributed by atoms with van der Waals surface area (Å²) in [6, 6.07) is 0. The maximum atomic E-state index is 10.7. The van der Waals surface area contributed by atoms with Crippen molar-refractivity contribution in [3.8, 4) is 0 Å². The van der Waals surface area contributed by atoms with E-state index in [1.807, 2.05) is 0 Å². The smallest absolute Gasteiger partial charge is 0.243 e. The van der Waals surface area contributed by atoms with Gasteiger partial charge in [-0.15, -0.1) is 0 Å². The van der Waals surface area contributed by atoms with Crippen LogP contribution < -0.4 is 5.48 Å². The lowest BCUT2D eigenvalue weighted by atomic mass is 10.1. The Labute approximate surface area is 98.0 Å². The number of hydroxylamine groups is 1. The maximum absolute atomic E-state index is 10.7. The van der Waals surface area contributed by atoms with Crippen LogP contribution in [-0.4, -0.2) is 16.9 Å². The van der Waals surface area contributed by atoms with Crippen molar-refractivity contribution < 1.29 is 10.0 Å². The van der Waals surface area contributed by atoms with E-state index in [9.17, 15) is 4.79 Å². The van der Waals surface area contributed by atoms with E-state index in [4.69, 9.17) is 5.21 Å². The highest BCUT2D eigenvalue weighted by molar-refractivity contribution is 7.80. The van der Waals surface area contributed by atoms with Crippen LogP contribution in [0.4, 0.5) is 0 Å². The molecular weight excluding hydrogens is 210 g/mol. The Bertz CT molecular complexity index is 154. The van der Waals surface area contributed by atoms with E-state index in [-0.39, 0.29) is 5.91 Å². The van der Waals surface area contributed by atoms with Crippen LogP contribution in [0, 0.1) is 0 Å². The van der Waals surface area contributed by atoms with Crippen LogP contribution in [-0.2, 0) is 4.79 Å². The zero-order valence-electron chi connectivity index (χ0n) is 9.37. The number of thiol groups is 1. The Morgan fingerprint density at radius 2 is 1.40 bits per heavy atom. The number of carbonyl (C=O) groups is 1. The minimum atomic E-state index is -0.274. The van der Waals surface area contributed by atoms with Gasteiger partial charge in [0.2, 0.25) is 5.91 Å². The van der Waals surface area contributed by atoms with Crippen LogP contribution in [0.5, 0.6) is 0 Å². The van der Waals surface area contributed by atoms with Gasteiger partial charge < -0.3 is 0 Å². The zero-order valence-corrected chi connectivity index (χ0v) is 10.3. The third kappa shape index (κ3) is 11.7. The summed E-state index contributed by atoms with van der Waals surface area (Å²) >= 11 is 4.16. The molecular formula is C11H23NO2S. The molecule has 3 nitrogen and oxygen atoms in total. The largest absolute Gasteiger partial charge is 0.289 e. The first kappa shape index (κ1) is 14.8. The number of amides is 1. The third-order valence-corrected chi connectivity index (χ3v) is 2.75. The van der Waals surface area contributed by atoms with Gasteiger partial charge in [0.1, 0.15) is 0 Å². The van der Waals surface area contributed by atoms with Crippen molar-refractivity contribution in [2.45, 2.75) is 57.8 Å². The van der Waals surface area contributed by atoms with Gasteiger partial charge in [-0.3, -0.25) is 10.0 Å². The lowest BCUT2D eigenvalue weighted by molar-refractivity contribution is -0.129. The first-order valence-corrected chi connectivity index (χ1v) is 6.48. The van der Waals surface area contributed by atoms with Crippen LogP contribution in [0.3, 0.4) is 0 Å². The van der Waals surface area contributed by atoms with E-state index < -0.39 is 0 Å². The Hall–Kier alpha value is -0.220. The second-order valence-corrected chi connectivity index (χ2v) is 4.28. The quantitative estimate of drug-likeness (QED) is 0.235. The van der Waals surface area contributed by atoms with E-state index in [0.717, 1.165) is 18.6 Å². The molecule has 4 heteroatoms. The fourth-order valence-corrected chi connectivity index (χ4v) is 1.74. The summed E-state index contributed by atoms with van der Waals surface area (Å²) in [7, 11) is 0. The molecule has 0 aromatic rings. The molecule has 0 bridgehead atoms. The molecule has 0 fully saturated rings. The molecule has 0 rings (SSSR count). The molecule has 0 saturated heterocycles. The molecule has 90 valence electrons. The van der Waals surface area contributed by atoms with E-state index in [1.165, 1.54) is 38.5 Å². The first-order chi connectivity index (χ1) is 7.31. The van der Waals surface area contributed by atoms with E-state index in [0.29, 0.717) is 6.42 Å². The van der Waals surface area contributed by atoms with Crippen molar-refractivity contribution >= 4 is 18.5 Å². The summed E-state index contributed by atoms with van der Waals surface area (Å²) in [4.78, 5) is 10.7. The Morgan fingerprint density at radius 1 is 0.933 bits per heavy atom. The minimum Gasteiger partial charge on any atom is -0.289 e. The normalized spacial score (nSPS) is 10.3. The Balaban J connectivity index is 2.95. The lowest BCUT2D eigenvalue weighted by Crippen LogP contribution is -2.17. The number of unbranched alkanes of at least 4 members (excludes halogenated alkanes) is 7. The standard InChI is InChI=1S/C11H23NO2S/c13-11(12-14)9-7-5-3-1-2-4-6-8-10-15/h14-15H,1-10H2,(H,12,13). The molecule has 2 N–H and O–H groups in total. The molecule has 0 radical (unpaired) electrons. The average molecular weight is 233 g/mol. The third-order valence-electron chi connectivity index (χ3n) is 2.44. The summed E-state index contributed by atoms with van der Waals surface area (Å²) in [5, 5.41) is 8.25. The van der Waals surface area contributed by atoms with Crippen molar-refractivity contribution in [3.05, 3.63) is 0 Å². The molecule has 0 aliphatic rings. The predicted octanol–water partition coefficient (Wildman–Crippen LogP) is 2.93. The second-order valence-electron chi connectivity index (χ2n) is 3.84. The highest BCUT2D eigenvalue weighted by Crippen LogP contribution is 2.09. The van der Waals surface area contributed by atoms with Crippen molar-refractivity contribution in [3.63, 3.8) is 0 Å². The van der Waals surface area contributed by atoms with Gasteiger partial charge in [0.15, 0.2) is 0 Å². The van der Waals surface area contributed by atoms with Gasteiger partial charge in [-0.25, -0.2) is 5.48 Å². The number of hydrogen-bond donors (Lipinski definition) is 3. The molecule has 1 amide bonds. The number of hydrogen-bond acceptors (Lipinski definition) is 3. The number of nitrogens with one attached hydrogen (secondary N) is 1. The Kier molecular flexibility index (Phi) is 11.7. The fraction of sp³-hybridized carbons (Fsp3) is 0.909. The topological polar surface area (TPSA) is 49.3 Å². The predicted molar refractivity (Wildman–Crippen MR) is 65.3 cm³/mol. The van der Waals surface area contributed by atoms with E-state index in [2.05, 4.69) is 12.6 Å². The molecule has 0 aromatic heterocycles. The Morgan fingerprint density at radius 3 is 1.87 bits per heavy atom. The minimum absolute atomic E-state index is 0.274. The summed E-state index contributed by atoms with van der Waals surface area (Å²) < 4.78 is 0. The van der Waals surface area contributed by atoms with E-state index >= 15 is 0 Å². The molecule has 0 atom stereocenters. The van der Waals surface area contributed by atoms with Crippen molar-refractivity contribution in [1.82, 2.24) is 5.48 Å². The number of carbonyl (C=O) groups excluding carboxylic acids is 1. The second kappa shape index (κ2) is 11.9. The van der Waals surface area contributed by atoms with Crippen LogP contribution in [0.1, 0.15) is 57.8 Å². The molecule has 0 aromatic carbocycles. The lowest BCUT2D eigenvalue weighted by Gasteiger charge is -2.01. The van der Waals surface area contributed by atoms with Crippen molar-refractivity contribution in [2.75, 3.05) is 5.75 Å². The molecule has 0 heterocycles. The molecule has 0 aliphatic carbocycles. The number of rotatable bonds is 10. The van der Waals surface area contributed by atoms with Gasteiger partial charge >= 0.3 is 0 Å². The molecule has 0 unspecified atom stereocenters. The van der Waals surface area contributed by atoms with Crippen LogP contribution in [0.25, 0.3) is 0 Å². The monoisotopic (exact) mass is 233 g/mol. The van der Waals surface area contributed by atoms with Gasteiger partial charge in [-0.2, -0.15) is 12.6 Å². The molecule has 0 spiro atoms. The average Bonchev–Trinajstić information content (AvgIpc) is 2.26. The van der Waals surface area contributed by atoms with Gasteiger partial charge in [0.05, 0.1) is 0 Å². The SMILES string of the molecule is O=C(CCCCCCCCCCS)NO. The summed E-state index contributed by atoms with van der Waals surface area (Å²) in [6.45, 7) is 0. The van der Waals surface area contributed by atoms with Gasteiger partial charge in [-0.1, -0.05) is 38.5 Å².